The van der Waals surface area contributed by atoms with E-state index in [1.807, 2.05) is 18.2 Å². The number of hydrogen-bond acceptors (Lipinski definition) is 3. The third kappa shape index (κ3) is 3.70. The van der Waals surface area contributed by atoms with E-state index >= 15 is 0 Å². The standard InChI is InChI=1S/C19H18ClN3O3/c1-13(15-9-5-6-10-16(15)20)21-17(24)11-23-18(25)12-22(19(23)26)14-7-3-2-4-8-14/h2-10,13H,11-12H2,1H3,(H,21,24). The van der Waals surface area contributed by atoms with Crippen molar-refractivity contribution in [2.24, 2.45) is 0 Å². The number of imide groups is 1. The minimum absolute atomic E-state index is 0.0732. The number of benzene rings is 2. The number of amides is 4. The lowest BCUT2D eigenvalue weighted by atomic mass is 10.1. The van der Waals surface area contributed by atoms with E-state index in [4.69, 9.17) is 11.6 Å². The highest BCUT2D eigenvalue weighted by Gasteiger charge is 2.38. The Balaban J connectivity index is 1.65. The van der Waals surface area contributed by atoms with Crippen LogP contribution in [0.2, 0.25) is 5.02 Å². The molecule has 134 valence electrons. The summed E-state index contributed by atoms with van der Waals surface area (Å²) in [6.45, 7) is 1.40. The molecule has 2 aromatic carbocycles. The van der Waals surface area contributed by atoms with Crippen LogP contribution in [0.5, 0.6) is 0 Å². The average molecular weight is 372 g/mol. The van der Waals surface area contributed by atoms with Gasteiger partial charge in [-0.25, -0.2) is 4.79 Å². The lowest BCUT2D eigenvalue weighted by Gasteiger charge is -2.19. The molecule has 2 aromatic rings. The number of hydrogen-bond donors (Lipinski definition) is 1. The van der Waals surface area contributed by atoms with Crippen molar-refractivity contribution in [3.8, 4) is 0 Å². The third-order valence-electron chi connectivity index (χ3n) is 4.18. The van der Waals surface area contributed by atoms with Crippen LogP contribution >= 0.6 is 11.6 Å². The van der Waals surface area contributed by atoms with Crippen molar-refractivity contribution < 1.29 is 14.4 Å². The van der Waals surface area contributed by atoms with Crippen molar-refractivity contribution in [1.29, 1.82) is 0 Å². The van der Waals surface area contributed by atoms with Crippen molar-refractivity contribution in [2.75, 3.05) is 18.0 Å². The fourth-order valence-electron chi connectivity index (χ4n) is 2.84. The van der Waals surface area contributed by atoms with E-state index < -0.39 is 17.8 Å². The van der Waals surface area contributed by atoms with Gasteiger partial charge in [0.2, 0.25) is 5.91 Å². The van der Waals surface area contributed by atoms with Gasteiger partial charge in [0.25, 0.3) is 5.91 Å². The Morgan fingerprint density at radius 2 is 1.77 bits per heavy atom. The number of urea groups is 1. The molecule has 0 bridgehead atoms. The number of anilines is 1. The molecule has 0 saturated carbocycles. The molecule has 7 heteroatoms. The first-order valence-electron chi connectivity index (χ1n) is 8.18. The molecule has 0 spiro atoms. The van der Waals surface area contributed by atoms with Gasteiger partial charge in [0.1, 0.15) is 13.1 Å². The Kier molecular flexibility index (Phi) is 5.23. The van der Waals surface area contributed by atoms with E-state index in [0.29, 0.717) is 10.7 Å². The molecule has 1 saturated heterocycles. The van der Waals surface area contributed by atoms with Gasteiger partial charge < -0.3 is 5.32 Å². The molecule has 1 N–H and O–H groups in total. The van der Waals surface area contributed by atoms with Gasteiger partial charge in [-0.05, 0) is 30.7 Å². The van der Waals surface area contributed by atoms with Gasteiger partial charge in [-0.2, -0.15) is 0 Å². The summed E-state index contributed by atoms with van der Waals surface area (Å²) in [5.74, 6) is -0.826. The zero-order chi connectivity index (χ0) is 18.7. The first-order valence-corrected chi connectivity index (χ1v) is 8.56. The predicted molar refractivity (Wildman–Crippen MR) is 98.9 cm³/mol. The molecule has 0 radical (unpaired) electrons. The molecular formula is C19H18ClN3O3. The summed E-state index contributed by atoms with van der Waals surface area (Å²) >= 11 is 6.13. The van der Waals surface area contributed by atoms with Crippen molar-refractivity contribution >= 4 is 35.1 Å². The highest BCUT2D eigenvalue weighted by atomic mass is 35.5. The van der Waals surface area contributed by atoms with Crippen molar-refractivity contribution in [3.63, 3.8) is 0 Å². The maximum atomic E-state index is 12.5. The number of nitrogens with zero attached hydrogens (tertiary/aromatic N) is 2. The molecule has 1 unspecified atom stereocenters. The van der Waals surface area contributed by atoms with Crippen LogP contribution in [0.25, 0.3) is 0 Å². The number of para-hydroxylation sites is 1. The molecule has 6 nitrogen and oxygen atoms in total. The second-order valence-corrected chi connectivity index (χ2v) is 6.40. The summed E-state index contributed by atoms with van der Waals surface area (Å²) in [7, 11) is 0. The Morgan fingerprint density at radius 1 is 1.12 bits per heavy atom. The fraction of sp³-hybridized carbons (Fsp3) is 0.211. The SMILES string of the molecule is CC(NC(=O)CN1C(=O)CN(c2ccccc2)C1=O)c1ccccc1Cl. The van der Waals surface area contributed by atoms with Crippen molar-refractivity contribution in [3.05, 3.63) is 65.2 Å². The number of halogens is 1. The summed E-state index contributed by atoms with van der Waals surface area (Å²) < 4.78 is 0. The first-order chi connectivity index (χ1) is 12.5. The molecular weight excluding hydrogens is 354 g/mol. The summed E-state index contributed by atoms with van der Waals surface area (Å²) in [6.07, 6.45) is 0. The highest BCUT2D eigenvalue weighted by molar-refractivity contribution is 6.31. The van der Waals surface area contributed by atoms with E-state index in [1.54, 1.807) is 43.3 Å². The second kappa shape index (κ2) is 7.58. The van der Waals surface area contributed by atoms with Crippen molar-refractivity contribution in [1.82, 2.24) is 10.2 Å². The maximum Gasteiger partial charge on any atom is 0.332 e. The monoisotopic (exact) mass is 371 g/mol. The molecule has 1 aliphatic rings. The Morgan fingerprint density at radius 3 is 2.46 bits per heavy atom. The normalized spacial score (nSPS) is 15.3. The van der Waals surface area contributed by atoms with Crippen LogP contribution in [0.1, 0.15) is 18.5 Å². The van der Waals surface area contributed by atoms with E-state index in [1.165, 1.54) is 4.90 Å². The van der Waals surface area contributed by atoms with Crippen LogP contribution < -0.4 is 10.2 Å². The first kappa shape index (κ1) is 17.9. The number of rotatable bonds is 5. The number of nitrogens with one attached hydrogen (secondary N) is 1. The van der Waals surface area contributed by atoms with Crippen LogP contribution in [-0.2, 0) is 9.59 Å². The summed E-state index contributed by atoms with van der Waals surface area (Å²) in [4.78, 5) is 39.3. The van der Waals surface area contributed by atoms with E-state index in [2.05, 4.69) is 5.32 Å². The quantitative estimate of drug-likeness (QED) is 0.821. The highest BCUT2D eigenvalue weighted by Crippen LogP contribution is 2.23. The smallest absolute Gasteiger partial charge is 0.332 e. The maximum absolute atomic E-state index is 12.5. The molecule has 1 heterocycles. The van der Waals surface area contributed by atoms with Crippen LogP contribution in [-0.4, -0.2) is 35.8 Å². The van der Waals surface area contributed by atoms with Gasteiger partial charge in [-0.3, -0.25) is 19.4 Å². The molecule has 1 fully saturated rings. The summed E-state index contributed by atoms with van der Waals surface area (Å²) in [6, 6.07) is 15.2. The van der Waals surface area contributed by atoms with Gasteiger partial charge in [0.15, 0.2) is 0 Å². The van der Waals surface area contributed by atoms with E-state index in [0.717, 1.165) is 10.5 Å². The van der Waals surface area contributed by atoms with E-state index in [9.17, 15) is 14.4 Å². The topological polar surface area (TPSA) is 69.7 Å². The largest absolute Gasteiger partial charge is 0.348 e. The molecule has 3 rings (SSSR count). The Labute approximate surface area is 156 Å². The minimum atomic E-state index is -0.498. The van der Waals surface area contributed by atoms with Crippen molar-refractivity contribution in [2.45, 2.75) is 13.0 Å². The zero-order valence-corrected chi connectivity index (χ0v) is 14.9. The third-order valence-corrected chi connectivity index (χ3v) is 4.52. The van der Waals surface area contributed by atoms with Gasteiger partial charge in [-0.1, -0.05) is 48.0 Å². The lowest BCUT2D eigenvalue weighted by molar-refractivity contribution is -0.130. The fourth-order valence-corrected chi connectivity index (χ4v) is 3.14. The molecule has 4 amide bonds. The van der Waals surface area contributed by atoms with Crippen LogP contribution in [0.3, 0.4) is 0 Å². The molecule has 1 atom stereocenters. The van der Waals surface area contributed by atoms with Gasteiger partial charge in [0, 0.05) is 10.7 Å². The summed E-state index contributed by atoms with van der Waals surface area (Å²) in [5.41, 5.74) is 1.39. The molecule has 1 aliphatic heterocycles. The van der Waals surface area contributed by atoms with Crippen LogP contribution in [0.4, 0.5) is 10.5 Å². The van der Waals surface area contributed by atoms with Crippen LogP contribution in [0, 0.1) is 0 Å². The molecule has 26 heavy (non-hydrogen) atoms. The average Bonchev–Trinajstić information content (AvgIpc) is 2.91. The number of carbonyl (C=O) groups excluding carboxylic acids is 3. The van der Waals surface area contributed by atoms with Gasteiger partial charge in [-0.15, -0.1) is 0 Å². The molecule has 0 aromatic heterocycles. The van der Waals surface area contributed by atoms with Gasteiger partial charge in [0.05, 0.1) is 6.04 Å². The van der Waals surface area contributed by atoms with E-state index in [-0.39, 0.29) is 19.1 Å². The zero-order valence-electron chi connectivity index (χ0n) is 14.2. The van der Waals surface area contributed by atoms with Crippen LogP contribution in [0.15, 0.2) is 54.6 Å². The van der Waals surface area contributed by atoms with Gasteiger partial charge >= 0.3 is 6.03 Å². The summed E-state index contributed by atoms with van der Waals surface area (Å²) in [5, 5.41) is 3.32. The second-order valence-electron chi connectivity index (χ2n) is 5.99. The minimum Gasteiger partial charge on any atom is -0.348 e. The lowest BCUT2D eigenvalue weighted by Crippen LogP contribution is -2.42. The Hall–Kier alpha value is -2.86. The molecule has 0 aliphatic carbocycles. The Bertz CT molecular complexity index is 841. The number of carbonyl (C=O) groups is 3. The predicted octanol–water partition coefficient (Wildman–Crippen LogP) is 2.99.